The molecule has 18 heavy (non-hydrogen) atoms. The van der Waals surface area contributed by atoms with Crippen LogP contribution < -0.4 is 5.73 Å². The fourth-order valence-corrected chi connectivity index (χ4v) is 2.00. The van der Waals surface area contributed by atoms with Gasteiger partial charge in [0.05, 0.1) is 5.92 Å². The van der Waals surface area contributed by atoms with Crippen molar-refractivity contribution in [3.63, 3.8) is 0 Å². The van der Waals surface area contributed by atoms with Crippen molar-refractivity contribution in [1.29, 1.82) is 0 Å². The largest absolute Gasteiger partial charge is 0.369 e. The maximum atomic E-state index is 11.7. The van der Waals surface area contributed by atoms with E-state index in [9.17, 15) is 9.59 Å². The highest BCUT2D eigenvalue weighted by atomic mass is 16.2. The topological polar surface area (TPSA) is 63.4 Å². The fourth-order valence-electron chi connectivity index (χ4n) is 2.00. The number of hydrogen-bond donors (Lipinski definition) is 1. The second-order valence-corrected chi connectivity index (χ2v) is 6.03. The van der Waals surface area contributed by atoms with Crippen molar-refractivity contribution in [2.45, 2.75) is 46.5 Å². The average Bonchev–Trinajstić information content (AvgIpc) is 3.11. The fraction of sp³-hybridized carbons (Fsp3) is 0.857. The molecule has 104 valence electrons. The van der Waals surface area contributed by atoms with E-state index < -0.39 is 0 Å². The molecule has 2 fully saturated rings. The third-order valence-electron chi connectivity index (χ3n) is 3.06. The summed E-state index contributed by atoms with van der Waals surface area (Å²) in [7, 11) is 0. The van der Waals surface area contributed by atoms with Crippen LogP contribution in [0.2, 0.25) is 0 Å². The number of primary amides is 1. The Balaban J connectivity index is 0.000000357. The molecule has 0 spiro atoms. The number of hydrogen-bond acceptors (Lipinski definition) is 2. The summed E-state index contributed by atoms with van der Waals surface area (Å²) < 4.78 is 0. The number of amides is 2. The van der Waals surface area contributed by atoms with Crippen molar-refractivity contribution in [3.8, 4) is 0 Å². The van der Waals surface area contributed by atoms with Gasteiger partial charge in [-0.25, -0.2) is 0 Å². The molecule has 0 aromatic heterocycles. The Hall–Kier alpha value is -1.06. The smallest absolute Gasteiger partial charge is 0.225 e. The van der Waals surface area contributed by atoms with Crippen molar-refractivity contribution >= 4 is 11.8 Å². The summed E-state index contributed by atoms with van der Waals surface area (Å²) in [6, 6.07) is 0. The summed E-state index contributed by atoms with van der Waals surface area (Å²) in [5.74, 6) is 0.933. The molecule has 1 unspecified atom stereocenters. The predicted molar refractivity (Wildman–Crippen MR) is 71.7 cm³/mol. The summed E-state index contributed by atoms with van der Waals surface area (Å²) in [4.78, 5) is 24.5. The lowest BCUT2D eigenvalue weighted by Crippen LogP contribution is -2.44. The van der Waals surface area contributed by atoms with Gasteiger partial charge < -0.3 is 10.6 Å². The van der Waals surface area contributed by atoms with E-state index in [1.54, 1.807) is 0 Å². The molecule has 2 N–H and O–H groups in total. The first-order chi connectivity index (χ1) is 8.41. The Kier molecular flexibility index (Phi) is 5.63. The first kappa shape index (κ1) is 15.0. The highest BCUT2D eigenvalue weighted by Gasteiger charge is 2.36. The van der Waals surface area contributed by atoms with Crippen LogP contribution in [0.1, 0.15) is 46.5 Å². The number of carbonyl (C=O) groups excluding carboxylic acids is 2. The lowest BCUT2D eigenvalue weighted by molar-refractivity contribution is -0.136. The molecule has 0 aromatic rings. The normalized spacial score (nSPS) is 23.3. The van der Waals surface area contributed by atoms with Gasteiger partial charge in [-0.05, 0) is 31.6 Å². The summed E-state index contributed by atoms with van der Waals surface area (Å²) in [6.45, 7) is 7.85. The molecule has 2 rings (SSSR count). The van der Waals surface area contributed by atoms with Gasteiger partial charge in [0.2, 0.25) is 11.8 Å². The molecule has 0 aromatic carbocycles. The van der Waals surface area contributed by atoms with Crippen LogP contribution in [0.25, 0.3) is 0 Å². The molecule has 1 aliphatic heterocycles. The minimum Gasteiger partial charge on any atom is -0.369 e. The monoisotopic (exact) mass is 254 g/mol. The lowest BCUT2D eigenvalue weighted by atomic mass is 9.97. The molecular formula is C14H26N2O2. The molecule has 4 nitrogen and oxygen atoms in total. The van der Waals surface area contributed by atoms with Crippen LogP contribution in [-0.2, 0) is 9.59 Å². The number of nitrogens with zero attached hydrogens (tertiary/aromatic N) is 1. The Bertz CT molecular complexity index is 295. The quantitative estimate of drug-likeness (QED) is 0.816. The maximum absolute atomic E-state index is 11.7. The number of carbonyl (C=O) groups is 2. The minimum absolute atomic E-state index is 0.119. The third-order valence-corrected chi connectivity index (χ3v) is 3.06. The van der Waals surface area contributed by atoms with E-state index in [-0.39, 0.29) is 23.7 Å². The SMILES string of the molecule is CC(C)C.NC(=O)C1CCCN(C(=O)C2CC2)C1. The molecule has 2 amide bonds. The Morgan fingerprint density at radius 2 is 1.67 bits per heavy atom. The van der Waals surface area contributed by atoms with E-state index in [0.717, 1.165) is 38.1 Å². The zero-order valence-corrected chi connectivity index (χ0v) is 11.8. The Morgan fingerprint density at radius 3 is 2.11 bits per heavy atom. The summed E-state index contributed by atoms with van der Waals surface area (Å²) in [5, 5.41) is 0. The van der Waals surface area contributed by atoms with Crippen LogP contribution in [-0.4, -0.2) is 29.8 Å². The van der Waals surface area contributed by atoms with Gasteiger partial charge >= 0.3 is 0 Å². The average molecular weight is 254 g/mol. The predicted octanol–water partition coefficient (Wildman–Crippen LogP) is 1.78. The van der Waals surface area contributed by atoms with Gasteiger partial charge in [-0.15, -0.1) is 0 Å². The van der Waals surface area contributed by atoms with Gasteiger partial charge in [0.15, 0.2) is 0 Å². The van der Waals surface area contributed by atoms with E-state index in [4.69, 9.17) is 5.73 Å². The molecule has 0 bridgehead atoms. The van der Waals surface area contributed by atoms with Gasteiger partial charge in [-0.1, -0.05) is 20.8 Å². The summed E-state index contributed by atoms with van der Waals surface area (Å²) in [6.07, 6.45) is 3.79. The summed E-state index contributed by atoms with van der Waals surface area (Å²) in [5.41, 5.74) is 5.24. The third kappa shape index (κ3) is 5.07. The Labute approximate surface area is 110 Å². The van der Waals surface area contributed by atoms with Gasteiger partial charge in [-0.3, -0.25) is 9.59 Å². The second kappa shape index (κ2) is 6.76. The van der Waals surface area contributed by atoms with E-state index in [1.807, 2.05) is 4.90 Å². The van der Waals surface area contributed by atoms with Crippen molar-refractivity contribution in [1.82, 2.24) is 4.90 Å². The van der Waals surface area contributed by atoms with Crippen molar-refractivity contribution in [2.75, 3.05) is 13.1 Å². The van der Waals surface area contributed by atoms with Crippen LogP contribution in [0.15, 0.2) is 0 Å². The maximum Gasteiger partial charge on any atom is 0.225 e. The number of rotatable bonds is 2. The zero-order valence-electron chi connectivity index (χ0n) is 11.8. The van der Waals surface area contributed by atoms with Crippen molar-refractivity contribution < 1.29 is 9.59 Å². The van der Waals surface area contributed by atoms with E-state index in [2.05, 4.69) is 20.8 Å². The first-order valence-electron chi connectivity index (χ1n) is 7.00. The van der Waals surface area contributed by atoms with Crippen molar-refractivity contribution in [3.05, 3.63) is 0 Å². The lowest BCUT2D eigenvalue weighted by Gasteiger charge is -2.31. The Morgan fingerprint density at radius 1 is 1.11 bits per heavy atom. The van der Waals surface area contributed by atoms with Crippen LogP contribution in [0, 0.1) is 17.8 Å². The number of nitrogens with two attached hydrogens (primary N) is 1. The van der Waals surface area contributed by atoms with E-state index in [1.165, 1.54) is 0 Å². The van der Waals surface area contributed by atoms with Gasteiger partial charge in [-0.2, -0.15) is 0 Å². The highest BCUT2D eigenvalue weighted by Crippen LogP contribution is 2.32. The molecule has 4 heteroatoms. The standard InChI is InChI=1S/C10H16N2O2.C4H10/c11-9(13)8-2-1-5-12(6-8)10(14)7-3-4-7;1-4(2)3/h7-8H,1-6H2,(H2,11,13);4H,1-3H3. The number of piperidine rings is 1. The van der Waals surface area contributed by atoms with Crippen LogP contribution in [0.3, 0.4) is 0 Å². The highest BCUT2D eigenvalue weighted by molar-refractivity contribution is 5.83. The van der Waals surface area contributed by atoms with Gasteiger partial charge in [0.25, 0.3) is 0 Å². The molecule has 2 aliphatic rings. The molecule has 1 atom stereocenters. The second-order valence-electron chi connectivity index (χ2n) is 6.03. The minimum atomic E-state index is -0.265. The molecule has 1 saturated carbocycles. The molecule has 0 radical (unpaired) electrons. The van der Waals surface area contributed by atoms with Crippen LogP contribution >= 0.6 is 0 Å². The molecule has 1 heterocycles. The molecular weight excluding hydrogens is 228 g/mol. The van der Waals surface area contributed by atoms with Crippen LogP contribution in [0.5, 0.6) is 0 Å². The summed E-state index contributed by atoms with van der Waals surface area (Å²) >= 11 is 0. The van der Waals surface area contributed by atoms with Gasteiger partial charge in [0.1, 0.15) is 0 Å². The number of likely N-dealkylation sites (tertiary alicyclic amines) is 1. The van der Waals surface area contributed by atoms with E-state index >= 15 is 0 Å². The molecule has 1 aliphatic carbocycles. The van der Waals surface area contributed by atoms with E-state index in [0.29, 0.717) is 6.54 Å². The molecule has 1 saturated heterocycles. The van der Waals surface area contributed by atoms with Crippen molar-refractivity contribution in [2.24, 2.45) is 23.5 Å². The van der Waals surface area contributed by atoms with Gasteiger partial charge in [0, 0.05) is 19.0 Å². The zero-order chi connectivity index (χ0) is 13.7. The first-order valence-corrected chi connectivity index (χ1v) is 7.00. The van der Waals surface area contributed by atoms with Crippen LogP contribution in [0.4, 0.5) is 0 Å².